The van der Waals surface area contributed by atoms with Crippen molar-refractivity contribution in [2.45, 2.75) is 13.0 Å². The predicted octanol–water partition coefficient (Wildman–Crippen LogP) is 4.23. The third-order valence-electron chi connectivity index (χ3n) is 5.87. The minimum atomic E-state index is -0.823. The van der Waals surface area contributed by atoms with Gasteiger partial charge in [-0.15, -0.1) is 0 Å². The van der Waals surface area contributed by atoms with Crippen LogP contribution in [-0.4, -0.2) is 22.6 Å². The highest BCUT2D eigenvalue weighted by Gasteiger charge is 2.34. The summed E-state index contributed by atoms with van der Waals surface area (Å²) >= 11 is 7.63. The topological polar surface area (TPSA) is 117 Å². The second-order valence-corrected chi connectivity index (χ2v) is 9.52. The van der Waals surface area contributed by atoms with Crippen molar-refractivity contribution in [3.63, 3.8) is 0 Å². The van der Waals surface area contributed by atoms with Crippen molar-refractivity contribution in [2.24, 2.45) is 4.99 Å². The van der Waals surface area contributed by atoms with Crippen molar-refractivity contribution in [2.75, 3.05) is 7.11 Å². The van der Waals surface area contributed by atoms with Crippen LogP contribution in [0.1, 0.15) is 24.3 Å². The molecule has 0 radical (unpaired) electrons. The quantitative estimate of drug-likeness (QED) is 0.214. The summed E-state index contributed by atoms with van der Waals surface area (Å²) in [6.07, 6.45) is 1.57. The second-order valence-electron chi connectivity index (χ2n) is 8.10. The van der Waals surface area contributed by atoms with Crippen LogP contribution in [0.2, 0.25) is 5.02 Å². The van der Waals surface area contributed by atoms with Gasteiger partial charge in [-0.3, -0.25) is 19.5 Å². The number of fused-ring (bicyclic) bond motifs is 1. The van der Waals surface area contributed by atoms with Gasteiger partial charge in [-0.25, -0.2) is 9.79 Å². The smallest absolute Gasteiger partial charge is 0.338 e. The highest BCUT2D eigenvalue weighted by molar-refractivity contribution is 7.07. The van der Waals surface area contributed by atoms with Gasteiger partial charge in [-0.05, 0) is 30.7 Å². The Balaban J connectivity index is 1.64. The summed E-state index contributed by atoms with van der Waals surface area (Å²) < 4.78 is 12.6. The number of nitrogens with zero attached hydrogens (tertiary/aromatic N) is 3. The summed E-state index contributed by atoms with van der Waals surface area (Å²) in [7, 11) is 1.27. The number of hydrogen-bond donors (Lipinski definition) is 0. The van der Waals surface area contributed by atoms with Gasteiger partial charge < -0.3 is 9.15 Å². The Hall–Kier alpha value is -4.28. The summed E-state index contributed by atoms with van der Waals surface area (Å²) in [5.41, 5.74) is 1.32. The molecule has 0 N–H and O–H groups in total. The number of allylic oxidation sites excluding steroid dienone is 1. The summed E-state index contributed by atoms with van der Waals surface area (Å²) in [4.78, 5) is 41.9. The van der Waals surface area contributed by atoms with E-state index in [9.17, 15) is 19.7 Å². The maximum absolute atomic E-state index is 13.6. The van der Waals surface area contributed by atoms with Crippen molar-refractivity contribution in [3.8, 4) is 11.3 Å². The zero-order chi connectivity index (χ0) is 26.3. The number of ether oxygens (including phenoxy) is 1. The van der Waals surface area contributed by atoms with Gasteiger partial charge in [0.05, 0.1) is 27.8 Å². The number of methoxy groups -OCH3 is 1. The maximum atomic E-state index is 13.6. The number of rotatable bonds is 5. The molecule has 9 nitrogen and oxygen atoms in total. The molecule has 1 unspecified atom stereocenters. The summed E-state index contributed by atoms with van der Waals surface area (Å²) in [5, 5.41) is 11.5. The van der Waals surface area contributed by atoms with Crippen molar-refractivity contribution in [1.29, 1.82) is 0 Å². The van der Waals surface area contributed by atoms with Crippen LogP contribution >= 0.6 is 22.9 Å². The molecule has 4 aromatic rings. The van der Waals surface area contributed by atoms with Crippen LogP contribution in [0.25, 0.3) is 17.4 Å². The van der Waals surface area contributed by atoms with E-state index in [4.69, 9.17) is 20.8 Å². The van der Waals surface area contributed by atoms with Crippen LogP contribution in [0.3, 0.4) is 0 Å². The second kappa shape index (κ2) is 9.64. The molecule has 5 rings (SSSR count). The van der Waals surface area contributed by atoms with E-state index < -0.39 is 16.9 Å². The standard InChI is InChI=1S/C26H18ClN3O6S/c1-14-22(25(32)35-2)23(18-8-3-4-9-19(18)27)29-24(31)21(37-26(29)28-14)13-17-10-11-20(36-17)15-6-5-7-16(12-15)30(33)34/h3-13,23H,1-2H3/b21-13+. The van der Waals surface area contributed by atoms with Crippen LogP contribution in [0.5, 0.6) is 0 Å². The number of furan rings is 1. The Bertz CT molecular complexity index is 1780. The van der Waals surface area contributed by atoms with Crippen LogP contribution in [0.15, 0.2) is 86.1 Å². The first-order valence-electron chi connectivity index (χ1n) is 11.0. The zero-order valence-electron chi connectivity index (χ0n) is 19.5. The first-order chi connectivity index (χ1) is 17.8. The van der Waals surface area contributed by atoms with Crippen molar-refractivity contribution in [1.82, 2.24) is 4.57 Å². The van der Waals surface area contributed by atoms with E-state index >= 15 is 0 Å². The molecule has 2 aromatic carbocycles. The Labute approximate surface area is 218 Å². The first-order valence-corrected chi connectivity index (χ1v) is 12.2. The van der Waals surface area contributed by atoms with E-state index in [0.29, 0.717) is 42.7 Å². The maximum Gasteiger partial charge on any atom is 0.338 e. The van der Waals surface area contributed by atoms with Gasteiger partial charge in [0, 0.05) is 28.8 Å². The van der Waals surface area contributed by atoms with Gasteiger partial charge in [-0.2, -0.15) is 0 Å². The normalized spacial score (nSPS) is 15.3. The SMILES string of the molecule is COC(=O)C1=C(C)N=c2s/c(=C/c3ccc(-c4cccc([N+](=O)[O-])c4)o3)c(=O)n2C1c1ccccc1Cl. The van der Waals surface area contributed by atoms with Crippen LogP contribution < -0.4 is 14.9 Å². The fourth-order valence-electron chi connectivity index (χ4n) is 4.17. The number of hydrogen-bond acceptors (Lipinski definition) is 8. The lowest BCUT2D eigenvalue weighted by atomic mass is 9.96. The molecule has 0 saturated heterocycles. The molecule has 11 heteroatoms. The highest BCUT2D eigenvalue weighted by Crippen LogP contribution is 2.34. The number of esters is 1. The van der Waals surface area contributed by atoms with Gasteiger partial charge >= 0.3 is 5.97 Å². The van der Waals surface area contributed by atoms with E-state index in [1.54, 1.807) is 61.5 Å². The molecule has 0 saturated carbocycles. The molecule has 0 fully saturated rings. The average Bonchev–Trinajstić information content (AvgIpc) is 3.48. The monoisotopic (exact) mass is 535 g/mol. The number of nitro groups is 1. The molecule has 0 aliphatic carbocycles. The zero-order valence-corrected chi connectivity index (χ0v) is 21.1. The van der Waals surface area contributed by atoms with E-state index in [1.165, 1.54) is 23.8 Å². The molecule has 37 heavy (non-hydrogen) atoms. The molecule has 0 bridgehead atoms. The Morgan fingerprint density at radius 2 is 2.00 bits per heavy atom. The van der Waals surface area contributed by atoms with Gasteiger partial charge in [0.2, 0.25) is 0 Å². The highest BCUT2D eigenvalue weighted by atomic mass is 35.5. The van der Waals surface area contributed by atoms with Gasteiger partial charge in [0.15, 0.2) is 4.80 Å². The Morgan fingerprint density at radius 3 is 2.73 bits per heavy atom. The summed E-state index contributed by atoms with van der Waals surface area (Å²) in [6.45, 7) is 1.69. The molecule has 0 amide bonds. The lowest BCUT2D eigenvalue weighted by Crippen LogP contribution is -2.39. The molecular weight excluding hydrogens is 518 g/mol. The predicted molar refractivity (Wildman–Crippen MR) is 138 cm³/mol. The van der Waals surface area contributed by atoms with Crippen LogP contribution in [0.4, 0.5) is 5.69 Å². The number of halogens is 1. The minimum Gasteiger partial charge on any atom is -0.466 e. The van der Waals surface area contributed by atoms with Gasteiger partial charge in [0.1, 0.15) is 17.6 Å². The Morgan fingerprint density at radius 1 is 1.22 bits per heavy atom. The molecule has 3 heterocycles. The Kier molecular flexibility index (Phi) is 6.36. The lowest BCUT2D eigenvalue weighted by Gasteiger charge is -2.25. The van der Waals surface area contributed by atoms with E-state index in [1.807, 2.05) is 0 Å². The third-order valence-corrected chi connectivity index (χ3v) is 7.20. The molecule has 1 aliphatic heterocycles. The number of carbonyl (C=O) groups is 1. The van der Waals surface area contributed by atoms with E-state index in [-0.39, 0.29) is 16.8 Å². The molecule has 1 aliphatic rings. The minimum absolute atomic E-state index is 0.0555. The number of benzene rings is 2. The number of carbonyl (C=O) groups excluding carboxylic acids is 1. The fourth-order valence-corrected chi connectivity index (χ4v) is 5.44. The van der Waals surface area contributed by atoms with Crippen molar-refractivity contribution < 1.29 is 18.9 Å². The van der Waals surface area contributed by atoms with E-state index in [0.717, 1.165) is 11.3 Å². The molecular formula is C26H18ClN3O6S. The number of aromatic nitrogens is 1. The molecule has 1 atom stereocenters. The van der Waals surface area contributed by atoms with E-state index in [2.05, 4.69) is 4.99 Å². The number of thiazole rings is 1. The molecule has 2 aromatic heterocycles. The largest absolute Gasteiger partial charge is 0.466 e. The average molecular weight is 536 g/mol. The summed E-state index contributed by atoms with van der Waals surface area (Å²) in [5.74, 6) is 0.193. The molecule has 0 spiro atoms. The number of non-ortho nitro benzene ring substituents is 1. The summed E-state index contributed by atoms with van der Waals surface area (Å²) in [6, 6.07) is 15.6. The van der Waals surface area contributed by atoms with Crippen molar-refractivity contribution >= 4 is 40.7 Å². The van der Waals surface area contributed by atoms with Crippen molar-refractivity contribution in [3.05, 3.63) is 118 Å². The third kappa shape index (κ3) is 4.41. The number of nitro benzene ring substituents is 1. The van der Waals surface area contributed by atoms with Crippen LogP contribution in [-0.2, 0) is 9.53 Å². The first kappa shape index (κ1) is 24.4. The fraction of sp³-hybridized carbons (Fsp3) is 0.115. The lowest BCUT2D eigenvalue weighted by molar-refractivity contribution is -0.384. The van der Waals surface area contributed by atoms with Crippen LogP contribution in [0, 0.1) is 10.1 Å². The van der Waals surface area contributed by atoms with Gasteiger partial charge in [-0.1, -0.05) is 53.3 Å². The molecule has 186 valence electrons. The van der Waals surface area contributed by atoms with Gasteiger partial charge in [0.25, 0.3) is 11.2 Å².